The lowest BCUT2D eigenvalue weighted by atomic mass is 10.1. The van der Waals surface area contributed by atoms with Crippen LogP contribution in [0.25, 0.3) is 11.2 Å². The van der Waals surface area contributed by atoms with Gasteiger partial charge in [-0.15, -0.1) is 0 Å². The molecule has 0 saturated carbocycles. The summed E-state index contributed by atoms with van der Waals surface area (Å²) in [6, 6.07) is 0. The number of rotatable bonds is 36. The Morgan fingerprint density at radius 3 is 1.56 bits per heavy atom. The Kier molecular flexibility index (Phi) is 26.0. The molecule has 19 atom stereocenters. The molecule has 4 fully saturated rings. The molecule has 4 saturated heterocycles. The van der Waals surface area contributed by atoms with Gasteiger partial charge in [0.2, 0.25) is 0 Å². The van der Waals surface area contributed by atoms with Crippen LogP contribution in [0.4, 0.5) is 11.6 Å². The number of aryl methyl sites for hydroxylation is 2. The van der Waals surface area contributed by atoms with Gasteiger partial charge in [-0.3, -0.25) is 50.6 Å². The summed E-state index contributed by atoms with van der Waals surface area (Å²) in [5, 5.41) is 11.6. The fourth-order valence-corrected chi connectivity index (χ4v) is 14.0. The van der Waals surface area contributed by atoms with Crippen LogP contribution >= 0.6 is 23.5 Å². The first-order valence-corrected chi connectivity index (χ1v) is 34.9. The van der Waals surface area contributed by atoms with Crippen molar-refractivity contribution in [2.24, 2.45) is 10.7 Å². The van der Waals surface area contributed by atoms with Crippen molar-refractivity contribution < 1.29 is 117 Å². The van der Waals surface area contributed by atoms with E-state index in [-0.39, 0.29) is 105 Å². The van der Waals surface area contributed by atoms with E-state index in [4.69, 9.17) is 101 Å². The number of aliphatic hydroxyl groups excluding tert-OH is 1. The molecule has 98 heavy (non-hydrogen) atoms. The van der Waals surface area contributed by atoms with Gasteiger partial charge in [-0.25, -0.2) is 43.2 Å². The number of aliphatic hydroxyl groups is 1. The Labute approximate surface area is 558 Å². The number of nitrogens with zero attached hydrogens (tertiary/aromatic N) is 9. The molecule has 5 aliphatic heterocycles. The molecule has 0 aliphatic carbocycles. The van der Waals surface area contributed by atoms with Crippen LogP contribution in [0.1, 0.15) is 50.1 Å². The molecule has 546 valence electrons. The normalized spacial score (nSPS) is 30.0. The first-order chi connectivity index (χ1) is 46.6. The zero-order valence-electron chi connectivity index (χ0n) is 54.5. The van der Waals surface area contributed by atoms with E-state index in [9.17, 15) is 47.9 Å². The summed E-state index contributed by atoms with van der Waals surface area (Å²) in [6.07, 6.45) is -17.5. The van der Waals surface area contributed by atoms with E-state index in [2.05, 4.69) is 36.5 Å². The van der Waals surface area contributed by atoms with Crippen molar-refractivity contribution in [3.8, 4) is 0 Å². The second-order valence-corrected chi connectivity index (χ2v) is 26.9. The number of anilines is 2. The Morgan fingerprint density at radius 1 is 0.582 bits per heavy atom. The number of aliphatic imine (C=N–C) groups is 1. The number of fused-ring (bicyclic) bond motifs is 1. The second-order valence-electron chi connectivity index (χ2n) is 22.7. The van der Waals surface area contributed by atoms with Gasteiger partial charge in [0.25, 0.3) is 5.56 Å². The van der Waals surface area contributed by atoms with Crippen LogP contribution in [-0.2, 0) is 97.7 Å². The average Bonchev–Trinajstić information content (AvgIpc) is 1.63. The van der Waals surface area contributed by atoms with Gasteiger partial charge in [0.15, 0.2) is 36.4 Å². The van der Waals surface area contributed by atoms with Crippen LogP contribution in [0.15, 0.2) is 68.6 Å². The SMILES string of the molecule is C=C1N=C(N)C(C)=CN1[C@@H]1O[C@H](COP(=O)(O)OC2[C@@H](COP(=O)(O)OC3[C@@H](COP(=O)(O)OC4[C@@H](CC)O[C@@H](n5cnc6c(N)ncnc65)[C@H]4OCCOC)O[C@@H](n4cc(C)c(N)nc4=O)[C@H]3OCCOC)O[C@@H](n3cc(C)c(=O)[nH]c3=O)[C@H]2OCCOC)C(O)[C@@H]1OCCOC. The highest BCUT2D eigenvalue weighted by atomic mass is 31.2. The summed E-state index contributed by atoms with van der Waals surface area (Å²) >= 11 is 0. The smallest absolute Gasteiger partial charge is 0.387 e. The van der Waals surface area contributed by atoms with Gasteiger partial charge in [0.05, 0.1) is 85.1 Å². The predicted molar refractivity (Wildman–Crippen MR) is 335 cm³/mol. The van der Waals surface area contributed by atoms with E-state index in [1.807, 2.05) is 0 Å². The molecule has 9 heterocycles. The quantitative estimate of drug-likeness (QED) is 0.0206. The molecular formula is C54H82N13O28P3. The number of amidine groups is 1. The lowest BCUT2D eigenvalue weighted by Gasteiger charge is -2.33. The predicted octanol–water partition coefficient (Wildman–Crippen LogP) is -0.717. The highest BCUT2D eigenvalue weighted by Crippen LogP contribution is 2.55. The van der Waals surface area contributed by atoms with Gasteiger partial charge in [-0.05, 0) is 27.2 Å². The third kappa shape index (κ3) is 17.9. The standard InChI is InChI=1S/C54H82N13O28P3/c1-10-31-37(41(83-16-12-79-7)52(89-31)67-26-60-35-46(57)58-25-59-47(35)67)93-97(74,75)87-23-33-38(42(84-17-13-80-8)50(91-33)65-20-28(3)45(56)62-53(65)70)95-98(76,77)88-24-34-39(43(85-18-14-81-9)51(92-34)66-21-29(4)48(69)63-54(66)71)94-96(72,73)86-22-32-36(68)40(82-15-11-78-6)49(90-32)64-19-27(2)44(55)61-30(64)5/h19-21,25-26,31-34,36-43,49-52,68H,5,10-18,22-24H2,1-4,6-9H3,(H2,55,61)(H,72,73)(H,74,75)(H,76,77)(H2,56,62,70)(H2,57,58,59)(H,63,69,71)/t31-,32-,33-,34-,36?,37?,38?,39?,40+,41+,42+,43+,49-,50-,51-,52-/m1/s1. The number of hydrogen-bond donors (Lipinski definition) is 8. The van der Waals surface area contributed by atoms with Crippen molar-refractivity contribution in [1.82, 2.24) is 43.5 Å². The molecule has 0 amide bonds. The van der Waals surface area contributed by atoms with Gasteiger partial charge >= 0.3 is 34.8 Å². The van der Waals surface area contributed by atoms with E-state index in [0.717, 1.165) is 15.3 Å². The molecule has 0 spiro atoms. The molecule has 4 aromatic heterocycles. The average molecular weight is 1450 g/mol. The zero-order valence-corrected chi connectivity index (χ0v) is 57.2. The molecule has 7 unspecified atom stereocenters. The summed E-state index contributed by atoms with van der Waals surface area (Å²) in [5.74, 6) is 0.169. The second kappa shape index (κ2) is 33.4. The topological polar surface area (TPSA) is 525 Å². The Hall–Kier alpha value is -5.73. The molecule has 9 rings (SSSR count). The third-order valence-corrected chi connectivity index (χ3v) is 19.0. The van der Waals surface area contributed by atoms with Crippen LogP contribution in [0, 0.1) is 13.8 Å². The molecule has 5 aliphatic rings. The van der Waals surface area contributed by atoms with Crippen molar-refractivity contribution in [2.45, 2.75) is 132 Å². The number of hydrogen-bond acceptors (Lipinski definition) is 34. The summed E-state index contributed by atoms with van der Waals surface area (Å²) in [4.78, 5) is 99.6. The van der Waals surface area contributed by atoms with Crippen molar-refractivity contribution in [2.75, 3.05) is 113 Å². The van der Waals surface area contributed by atoms with Crippen molar-refractivity contribution >= 4 is 52.1 Å². The van der Waals surface area contributed by atoms with Crippen LogP contribution < -0.4 is 34.1 Å². The van der Waals surface area contributed by atoms with Crippen LogP contribution in [0.3, 0.4) is 0 Å². The number of methoxy groups -OCH3 is 4. The van der Waals surface area contributed by atoms with Gasteiger partial charge in [0.1, 0.15) is 96.5 Å². The van der Waals surface area contributed by atoms with Crippen LogP contribution in [0.2, 0.25) is 0 Å². The molecule has 0 aromatic carbocycles. The Balaban J connectivity index is 0.999. The van der Waals surface area contributed by atoms with Crippen molar-refractivity contribution in [3.05, 3.63) is 91.7 Å². The van der Waals surface area contributed by atoms with Crippen LogP contribution in [-0.4, -0.2) is 250 Å². The number of phosphoric ester groups is 3. The molecule has 11 N–H and O–H groups in total. The van der Waals surface area contributed by atoms with Crippen molar-refractivity contribution in [1.29, 1.82) is 0 Å². The van der Waals surface area contributed by atoms with Gasteiger partial charge < -0.3 is 98.7 Å². The summed E-state index contributed by atoms with van der Waals surface area (Å²) < 4.78 is 152. The first kappa shape index (κ1) is 76.4. The summed E-state index contributed by atoms with van der Waals surface area (Å²) in [5.41, 5.74) is 16.5. The fraction of sp³-hybridized carbons (Fsp3) is 0.667. The fourth-order valence-electron chi connectivity index (χ4n) is 11.1. The maximum absolute atomic E-state index is 14.8. The lowest BCUT2D eigenvalue weighted by molar-refractivity contribution is -0.0943. The van der Waals surface area contributed by atoms with Gasteiger partial charge in [-0.2, -0.15) is 4.98 Å². The number of nitrogens with two attached hydrogens (primary N) is 3. The minimum atomic E-state index is -5.72. The maximum atomic E-state index is 14.8. The van der Waals surface area contributed by atoms with E-state index in [1.165, 1.54) is 70.6 Å². The molecular weight excluding hydrogens is 1370 g/mol. The minimum Gasteiger partial charge on any atom is -0.387 e. The molecule has 4 aromatic rings. The number of H-pyrrole nitrogens is 1. The van der Waals surface area contributed by atoms with E-state index in [1.54, 1.807) is 20.0 Å². The van der Waals surface area contributed by atoms with Gasteiger partial charge in [0, 0.05) is 63.7 Å². The number of ether oxygens (including phenoxy) is 12. The number of imidazole rings is 1. The molecule has 0 bridgehead atoms. The lowest BCUT2D eigenvalue weighted by Crippen LogP contribution is -2.44. The summed E-state index contributed by atoms with van der Waals surface area (Å²) in [7, 11) is -11.1. The maximum Gasteiger partial charge on any atom is 0.472 e. The Bertz CT molecular complexity index is 3810. The zero-order chi connectivity index (χ0) is 71.0. The van der Waals surface area contributed by atoms with E-state index < -0.39 is 158 Å². The number of aromatic nitrogens is 8. The molecule has 0 radical (unpaired) electrons. The first-order valence-electron chi connectivity index (χ1n) is 30.4. The van der Waals surface area contributed by atoms with Crippen LogP contribution in [0.5, 0.6) is 0 Å². The Morgan fingerprint density at radius 2 is 1.04 bits per heavy atom. The number of phosphoric acid groups is 3. The van der Waals surface area contributed by atoms with Gasteiger partial charge in [-0.1, -0.05) is 13.5 Å². The highest BCUT2D eigenvalue weighted by molar-refractivity contribution is 7.48. The molecule has 44 heteroatoms. The minimum absolute atomic E-state index is 0.0178. The largest absolute Gasteiger partial charge is 0.472 e. The highest BCUT2D eigenvalue weighted by Gasteiger charge is 2.57. The number of nitrogen functional groups attached to an aromatic ring is 2. The summed E-state index contributed by atoms with van der Waals surface area (Å²) in [6.45, 7) is 6.33. The third-order valence-electron chi connectivity index (χ3n) is 16.0. The van der Waals surface area contributed by atoms with Crippen molar-refractivity contribution in [3.63, 3.8) is 0 Å². The van der Waals surface area contributed by atoms with E-state index in [0.29, 0.717) is 5.57 Å². The number of aromatic amines is 1. The number of nitrogens with one attached hydrogen (secondary N) is 1. The van der Waals surface area contributed by atoms with E-state index >= 15 is 0 Å². The monoisotopic (exact) mass is 1450 g/mol. The molecule has 41 nitrogen and oxygen atoms in total.